The molecule has 0 spiro atoms. The molecule has 2 fully saturated rings. The van der Waals surface area contributed by atoms with Crippen LogP contribution in [0.15, 0.2) is 42.5 Å². The Morgan fingerprint density at radius 3 is 2.70 bits per heavy atom. The highest BCUT2D eigenvalue weighted by Gasteiger charge is 2.35. The second-order valence-electron chi connectivity index (χ2n) is 8.85. The summed E-state index contributed by atoms with van der Waals surface area (Å²) in [6, 6.07) is 14.4. The van der Waals surface area contributed by atoms with Crippen LogP contribution in [0.25, 0.3) is 10.2 Å². The standard InChI is InChI=1S/C26H31N3O3S/c1-31-18-12-13-23(32-2)19(16-18)21-10-7-15-29(21)25(30)17-28-14-6-5-9-22(28)26-27-20-8-3-4-11-24(20)33-26/h3-4,8,11-13,16,21-22H,5-7,9-10,14-15,17H2,1-2H3/t21-,22-/m0/s1. The number of fused-ring (bicyclic) bond motifs is 1. The Labute approximate surface area is 199 Å². The normalized spacial score (nSPS) is 21.5. The molecular formula is C26H31N3O3S. The van der Waals surface area contributed by atoms with E-state index in [1.807, 2.05) is 29.2 Å². The second kappa shape index (κ2) is 9.69. The van der Waals surface area contributed by atoms with Crippen LogP contribution in [0, 0.1) is 0 Å². The Morgan fingerprint density at radius 2 is 1.88 bits per heavy atom. The number of piperidine rings is 1. The monoisotopic (exact) mass is 465 g/mol. The molecule has 2 saturated heterocycles. The van der Waals surface area contributed by atoms with Gasteiger partial charge in [0.2, 0.25) is 5.91 Å². The average molecular weight is 466 g/mol. The highest BCUT2D eigenvalue weighted by Crippen LogP contribution is 2.40. The molecule has 174 valence electrons. The number of benzene rings is 2. The lowest BCUT2D eigenvalue weighted by molar-refractivity contribution is -0.134. The zero-order chi connectivity index (χ0) is 22.8. The van der Waals surface area contributed by atoms with Crippen molar-refractivity contribution in [1.29, 1.82) is 0 Å². The van der Waals surface area contributed by atoms with E-state index in [1.54, 1.807) is 25.6 Å². The minimum absolute atomic E-state index is 0.0215. The topological polar surface area (TPSA) is 54.9 Å². The van der Waals surface area contributed by atoms with Gasteiger partial charge < -0.3 is 14.4 Å². The lowest BCUT2D eigenvalue weighted by Gasteiger charge is -2.36. The van der Waals surface area contributed by atoms with Crippen molar-refractivity contribution in [1.82, 2.24) is 14.8 Å². The molecule has 1 amide bonds. The van der Waals surface area contributed by atoms with Gasteiger partial charge in [-0.25, -0.2) is 4.98 Å². The van der Waals surface area contributed by atoms with Crippen LogP contribution >= 0.6 is 11.3 Å². The van der Waals surface area contributed by atoms with Crippen molar-refractivity contribution in [2.75, 3.05) is 33.9 Å². The Balaban J connectivity index is 1.36. The number of methoxy groups -OCH3 is 2. The van der Waals surface area contributed by atoms with Gasteiger partial charge in [-0.1, -0.05) is 18.6 Å². The van der Waals surface area contributed by atoms with Crippen LogP contribution in [0.5, 0.6) is 11.5 Å². The van der Waals surface area contributed by atoms with E-state index in [-0.39, 0.29) is 18.0 Å². The average Bonchev–Trinajstić information content (AvgIpc) is 3.51. The van der Waals surface area contributed by atoms with Gasteiger partial charge in [0.15, 0.2) is 0 Å². The number of hydrogen-bond acceptors (Lipinski definition) is 6. The molecule has 5 rings (SSSR count). The molecule has 0 bridgehead atoms. The van der Waals surface area contributed by atoms with Gasteiger partial charge >= 0.3 is 0 Å². The molecule has 1 aromatic heterocycles. The predicted molar refractivity (Wildman–Crippen MR) is 131 cm³/mol. The van der Waals surface area contributed by atoms with Gasteiger partial charge in [-0.05, 0) is 62.6 Å². The number of rotatable bonds is 6. The number of ether oxygens (including phenoxy) is 2. The summed E-state index contributed by atoms with van der Waals surface area (Å²) in [5.74, 6) is 1.79. The van der Waals surface area contributed by atoms with Crippen molar-refractivity contribution in [3.8, 4) is 11.5 Å². The van der Waals surface area contributed by atoms with E-state index >= 15 is 0 Å². The summed E-state index contributed by atoms with van der Waals surface area (Å²) in [7, 11) is 3.35. The van der Waals surface area contributed by atoms with Crippen LogP contribution in [0.3, 0.4) is 0 Å². The molecule has 0 saturated carbocycles. The van der Waals surface area contributed by atoms with Crippen molar-refractivity contribution >= 4 is 27.5 Å². The van der Waals surface area contributed by atoms with Gasteiger partial charge in [0.1, 0.15) is 16.5 Å². The number of nitrogens with zero attached hydrogens (tertiary/aromatic N) is 3. The maximum Gasteiger partial charge on any atom is 0.237 e. The molecule has 0 unspecified atom stereocenters. The molecule has 2 aliphatic rings. The van der Waals surface area contributed by atoms with Crippen molar-refractivity contribution in [2.24, 2.45) is 0 Å². The fraction of sp³-hybridized carbons (Fsp3) is 0.462. The zero-order valence-electron chi connectivity index (χ0n) is 19.3. The first-order valence-corrected chi connectivity index (χ1v) is 12.6. The third-order valence-corrected chi connectivity index (χ3v) is 8.05. The molecule has 2 atom stereocenters. The van der Waals surface area contributed by atoms with Crippen LogP contribution in [-0.2, 0) is 4.79 Å². The summed E-state index contributed by atoms with van der Waals surface area (Å²) >= 11 is 1.77. The van der Waals surface area contributed by atoms with Crippen LogP contribution in [0.1, 0.15) is 54.8 Å². The molecule has 0 radical (unpaired) electrons. The molecule has 6 nitrogen and oxygen atoms in total. The Morgan fingerprint density at radius 1 is 1.03 bits per heavy atom. The molecule has 2 aromatic carbocycles. The predicted octanol–water partition coefficient (Wildman–Crippen LogP) is 5.20. The minimum Gasteiger partial charge on any atom is -0.497 e. The number of likely N-dealkylation sites (tertiary alicyclic amines) is 2. The number of thiazole rings is 1. The number of aromatic nitrogens is 1. The van der Waals surface area contributed by atoms with E-state index in [4.69, 9.17) is 14.5 Å². The molecule has 2 aliphatic heterocycles. The van der Waals surface area contributed by atoms with E-state index in [0.29, 0.717) is 6.54 Å². The van der Waals surface area contributed by atoms with Gasteiger partial charge in [0.05, 0.1) is 43.1 Å². The lowest BCUT2D eigenvalue weighted by atomic mass is 10.0. The summed E-state index contributed by atoms with van der Waals surface area (Å²) in [6.07, 6.45) is 5.30. The van der Waals surface area contributed by atoms with Crippen molar-refractivity contribution in [3.63, 3.8) is 0 Å². The van der Waals surface area contributed by atoms with E-state index in [0.717, 1.165) is 66.4 Å². The number of para-hydroxylation sites is 1. The first-order valence-electron chi connectivity index (χ1n) is 11.8. The molecule has 33 heavy (non-hydrogen) atoms. The molecule has 3 aromatic rings. The number of carbonyl (C=O) groups excluding carboxylic acids is 1. The third kappa shape index (κ3) is 4.44. The molecule has 7 heteroatoms. The number of hydrogen-bond donors (Lipinski definition) is 0. The van der Waals surface area contributed by atoms with Crippen LogP contribution in [0.4, 0.5) is 0 Å². The summed E-state index contributed by atoms with van der Waals surface area (Å²) in [4.78, 5) is 22.9. The van der Waals surface area contributed by atoms with Crippen LogP contribution in [-0.4, -0.2) is 54.5 Å². The van der Waals surface area contributed by atoms with Crippen molar-refractivity contribution in [2.45, 2.75) is 44.2 Å². The Bertz CT molecular complexity index is 1100. The van der Waals surface area contributed by atoms with Gasteiger partial charge in [-0.15, -0.1) is 11.3 Å². The van der Waals surface area contributed by atoms with Gasteiger partial charge in [0.25, 0.3) is 0 Å². The van der Waals surface area contributed by atoms with Gasteiger partial charge in [-0.3, -0.25) is 9.69 Å². The fourth-order valence-electron chi connectivity index (χ4n) is 5.25. The van der Waals surface area contributed by atoms with Crippen molar-refractivity contribution in [3.05, 3.63) is 53.0 Å². The molecular weight excluding hydrogens is 434 g/mol. The SMILES string of the molecule is COc1ccc(OC)c([C@@H]2CCCN2C(=O)CN2CCCC[C@H]2c2nc3ccccc3s2)c1. The maximum absolute atomic E-state index is 13.6. The van der Waals surface area contributed by atoms with Crippen LogP contribution in [0.2, 0.25) is 0 Å². The first kappa shape index (κ1) is 22.2. The van der Waals surface area contributed by atoms with Crippen molar-refractivity contribution < 1.29 is 14.3 Å². The quantitative estimate of drug-likeness (QED) is 0.501. The summed E-state index contributed by atoms with van der Waals surface area (Å²) in [5.41, 5.74) is 2.09. The van der Waals surface area contributed by atoms with Gasteiger partial charge in [-0.2, -0.15) is 0 Å². The zero-order valence-corrected chi connectivity index (χ0v) is 20.1. The highest BCUT2D eigenvalue weighted by molar-refractivity contribution is 7.18. The van der Waals surface area contributed by atoms with E-state index in [9.17, 15) is 4.79 Å². The fourth-order valence-corrected chi connectivity index (χ4v) is 6.38. The van der Waals surface area contributed by atoms with E-state index < -0.39 is 0 Å². The first-order chi connectivity index (χ1) is 16.2. The molecule has 0 N–H and O–H groups in total. The summed E-state index contributed by atoms with van der Waals surface area (Å²) < 4.78 is 12.3. The molecule has 0 aliphatic carbocycles. The Kier molecular flexibility index (Phi) is 6.51. The summed E-state index contributed by atoms with van der Waals surface area (Å²) in [6.45, 7) is 2.15. The van der Waals surface area contributed by atoms with Crippen LogP contribution < -0.4 is 9.47 Å². The smallest absolute Gasteiger partial charge is 0.237 e. The highest BCUT2D eigenvalue weighted by atomic mass is 32.1. The Hall–Kier alpha value is -2.64. The third-order valence-electron chi connectivity index (χ3n) is 6.92. The second-order valence-corrected chi connectivity index (χ2v) is 9.92. The van der Waals surface area contributed by atoms with Gasteiger partial charge in [0, 0.05) is 12.1 Å². The molecule has 3 heterocycles. The van der Waals surface area contributed by atoms with E-state index in [2.05, 4.69) is 23.1 Å². The lowest BCUT2D eigenvalue weighted by Crippen LogP contribution is -2.43. The number of carbonyl (C=O) groups is 1. The van der Waals surface area contributed by atoms with E-state index in [1.165, 1.54) is 11.1 Å². The summed E-state index contributed by atoms with van der Waals surface area (Å²) in [5, 5.41) is 1.14. The number of amides is 1. The maximum atomic E-state index is 13.6. The minimum atomic E-state index is 0.0215. The largest absolute Gasteiger partial charge is 0.497 e.